The lowest BCUT2D eigenvalue weighted by Crippen LogP contribution is -2.30. The van der Waals surface area contributed by atoms with Gasteiger partial charge >= 0.3 is 39.5 Å². The Kier molecular flexibility index (Phi) is 66.6. The summed E-state index contributed by atoms with van der Waals surface area (Å²) in [6.45, 7) is 4.55. The van der Waals surface area contributed by atoms with Gasteiger partial charge in [-0.1, -0.05) is 266 Å². The van der Waals surface area contributed by atoms with Crippen molar-refractivity contribution in [1.29, 1.82) is 0 Å². The number of rotatable bonds is 70. The number of carbonyl (C=O) groups excluding carboxylic acids is 4. The van der Waals surface area contributed by atoms with E-state index in [0.29, 0.717) is 25.7 Å². The molecule has 0 saturated heterocycles. The van der Waals surface area contributed by atoms with Crippen LogP contribution >= 0.6 is 15.6 Å². The van der Waals surface area contributed by atoms with Crippen molar-refractivity contribution in [2.45, 2.75) is 329 Å². The number of ether oxygens (including phenoxy) is 4. The lowest BCUT2D eigenvalue weighted by Gasteiger charge is -2.21. The summed E-state index contributed by atoms with van der Waals surface area (Å²) in [5.41, 5.74) is 0. The summed E-state index contributed by atoms with van der Waals surface area (Å²) in [6, 6.07) is 0. The molecule has 0 heterocycles. The summed E-state index contributed by atoms with van der Waals surface area (Å²) in [6.07, 6.45) is 71.1. The smallest absolute Gasteiger partial charge is 0.462 e. The third-order valence-electron chi connectivity index (χ3n) is 15.5. The highest BCUT2D eigenvalue weighted by atomic mass is 31.2. The van der Waals surface area contributed by atoms with Crippen LogP contribution in [0.15, 0.2) is 97.2 Å². The number of hydrogen-bond acceptors (Lipinski definition) is 15. The standard InChI is InChI=1S/C77H134O17P2/c1-5-9-13-17-21-25-29-33-35-39-42-46-50-54-58-62-75(80)88-68-73(94-77(82)64-60-56-52-48-44-40-36-34-30-26-22-18-14-10-6-2)70-92-96(85,86)90-66-71(78)65-89-95(83,84)91-69-72(93-76(81)63-59-55-51-47-43-38-32-28-24-20-16-12-8-4)67-87-74(79)61-57-53-49-45-41-37-31-27-23-19-15-11-7-3/h9-10,13-15,19,21-22,25-27,31,33-36,71-73,78H,5-8,11-12,16-18,20,23-24,28-30,32,37-70H2,1-4H3,(H,83,84)(H,85,86)/b13-9-,14-10-,19-15-,25-21-,26-22-,31-27-,35-33-,36-34-. The van der Waals surface area contributed by atoms with E-state index in [2.05, 4.69) is 125 Å². The van der Waals surface area contributed by atoms with E-state index < -0.39 is 97.5 Å². The first-order valence-electron chi connectivity index (χ1n) is 37.5. The maximum atomic E-state index is 13.1. The number of allylic oxidation sites excluding steroid dienone is 16. The molecule has 0 saturated carbocycles. The molecule has 17 nitrogen and oxygen atoms in total. The van der Waals surface area contributed by atoms with E-state index >= 15 is 0 Å². The SMILES string of the molecule is CC/C=C\C/C=C\C/C=C\CCCCCCCC(=O)OCC(COP(=O)(O)OCC(O)COP(=O)(O)OCC(COC(=O)CCCCCCC/C=C\C/C=C\CCC)OC(=O)CCCCCCCCCCCCCCC)OC(=O)CCCCCCC/C=C\C/C=C\C/C=C\CC. The van der Waals surface area contributed by atoms with Crippen LogP contribution in [0.1, 0.15) is 310 Å². The van der Waals surface area contributed by atoms with Crippen molar-refractivity contribution in [3.8, 4) is 0 Å². The van der Waals surface area contributed by atoms with Gasteiger partial charge in [0.25, 0.3) is 0 Å². The second-order valence-electron chi connectivity index (χ2n) is 24.8. The highest BCUT2D eigenvalue weighted by molar-refractivity contribution is 7.47. The fraction of sp³-hybridized carbons (Fsp3) is 0.740. The minimum absolute atomic E-state index is 0.0712. The van der Waals surface area contributed by atoms with Crippen LogP contribution in [0.5, 0.6) is 0 Å². The van der Waals surface area contributed by atoms with Crippen LogP contribution in [-0.2, 0) is 65.4 Å². The number of aliphatic hydroxyl groups is 1. The van der Waals surface area contributed by atoms with Crippen molar-refractivity contribution < 1.29 is 80.2 Å². The molecule has 19 heteroatoms. The zero-order valence-corrected chi connectivity index (χ0v) is 62.1. The van der Waals surface area contributed by atoms with E-state index in [1.165, 1.54) is 51.4 Å². The largest absolute Gasteiger partial charge is 0.472 e. The first-order chi connectivity index (χ1) is 46.7. The average Bonchev–Trinajstić information content (AvgIpc) is 1.36. The molecule has 0 rings (SSSR count). The zero-order chi connectivity index (χ0) is 70.4. The van der Waals surface area contributed by atoms with Crippen LogP contribution in [0.25, 0.3) is 0 Å². The van der Waals surface area contributed by atoms with E-state index in [9.17, 15) is 43.2 Å². The summed E-state index contributed by atoms with van der Waals surface area (Å²) >= 11 is 0. The number of phosphoric ester groups is 2. The summed E-state index contributed by atoms with van der Waals surface area (Å²) in [5.74, 6) is -2.21. The third-order valence-corrected chi connectivity index (χ3v) is 17.4. The van der Waals surface area contributed by atoms with E-state index in [0.717, 1.165) is 180 Å². The minimum atomic E-state index is -4.98. The first kappa shape index (κ1) is 92.0. The van der Waals surface area contributed by atoms with Crippen molar-refractivity contribution in [2.24, 2.45) is 0 Å². The quantitative estimate of drug-likeness (QED) is 0.0169. The second kappa shape index (κ2) is 69.5. The Labute approximate surface area is 582 Å². The maximum Gasteiger partial charge on any atom is 0.472 e. The van der Waals surface area contributed by atoms with Gasteiger partial charge in [0, 0.05) is 25.7 Å². The number of hydrogen-bond donors (Lipinski definition) is 3. The third kappa shape index (κ3) is 68.5. The van der Waals surface area contributed by atoms with Gasteiger partial charge in [0.1, 0.15) is 19.3 Å². The normalized spacial score (nSPS) is 14.5. The molecule has 0 bridgehead atoms. The number of unbranched alkanes of at least 4 members (excludes halogenated alkanes) is 28. The van der Waals surface area contributed by atoms with Crippen LogP contribution in [0, 0.1) is 0 Å². The van der Waals surface area contributed by atoms with Gasteiger partial charge in [0.15, 0.2) is 12.2 Å². The minimum Gasteiger partial charge on any atom is -0.462 e. The number of carbonyl (C=O) groups is 4. The van der Waals surface area contributed by atoms with Gasteiger partial charge < -0.3 is 33.8 Å². The van der Waals surface area contributed by atoms with Gasteiger partial charge in [-0.2, -0.15) is 0 Å². The Hall–Kier alpha value is -4.02. The van der Waals surface area contributed by atoms with Crippen LogP contribution in [0.4, 0.5) is 0 Å². The van der Waals surface area contributed by atoms with Crippen molar-refractivity contribution in [3.05, 3.63) is 97.2 Å². The number of esters is 4. The van der Waals surface area contributed by atoms with Gasteiger partial charge in [0.05, 0.1) is 26.4 Å². The Bertz CT molecular complexity index is 2200. The Morgan fingerprint density at radius 2 is 0.562 bits per heavy atom. The zero-order valence-electron chi connectivity index (χ0n) is 60.3. The molecule has 0 aromatic rings. The molecule has 5 atom stereocenters. The summed E-state index contributed by atoms with van der Waals surface area (Å²) in [5, 5.41) is 10.6. The molecule has 0 aromatic carbocycles. The van der Waals surface area contributed by atoms with Gasteiger partial charge in [0.2, 0.25) is 0 Å². The Balaban J connectivity index is 5.36. The summed E-state index contributed by atoms with van der Waals surface area (Å²) in [4.78, 5) is 72.8. The van der Waals surface area contributed by atoms with Gasteiger partial charge in [-0.25, -0.2) is 9.13 Å². The molecule has 5 unspecified atom stereocenters. The molecule has 0 aliphatic rings. The molecule has 0 aromatic heterocycles. The predicted octanol–water partition coefficient (Wildman–Crippen LogP) is 21.2. The Morgan fingerprint density at radius 3 is 0.875 bits per heavy atom. The van der Waals surface area contributed by atoms with E-state index in [1.54, 1.807) is 0 Å². The number of phosphoric acid groups is 2. The molecule has 0 fully saturated rings. The molecular weight excluding hydrogens is 1260 g/mol. The van der Waals surface area contributed by atoms with Crippen molar-refractivity contribution >= 4 is 39.5 Å². The van der Waals surface area contributed by atoms with Crippen molar-refractivity contribution in [2.75, 3.05) is 39.6 Å². The average molecular weight is 1390 g/mol. The van der Waals surface area contributed by atoms with Gasteiger partial charge in [-0.3, -0.25) is 37.3 Å². The molecule has 96 heavy (non-hydrogen) atoms. The molecule has 0 aliphatic carbocycles. The van der Waals surface area contributed by atoms with E-state index in [-0.39, 0.29) is 25.7 Å². The summed E-state index contributed by atoms with van der Waals surface area (Å²) < 4.78 is 68.4. The molecule has 0 amide bonds. The molecule has 554 valence electrons. The second-order valence-corrected chi connectivity index (χ2v) is 27.7. The van der Waals surface area contributed by atoms with Gasteiger partial charge in [-0.15, -0.1) is 0 Å². The molecular formula is C77H134O17P2. The highest BCUT2D eigenvalue weighted by Gasteiger charge is 2.30. The van der Waals surface area contributed by atoms with E-state index in [1.807, 2.05) is 0 Å². The van der Waals surface area contributed by atoms with Gasteiger partial charge in [-0.05, 0) is 116 Å². The van der Waals surface area contributed by atoms with Crippen LogP contribution in [0.3, 0.4) is 0 Å². The lowest BCUT2D eigenvalue weighted by atomic mass is 10.0. The number of aliphatic hydroxyl groups excluding tert-OH is 1. The summed E-state index contributed by atoms with van der Waals surface area (Å²) in [7, 11) is -9.95. The van der Waals surface area contributed by atoms with Crippen LogP contribution < -0.4 is 0 Å². The molecule has 0 radical (unpaired) electrons. The predicted molar refractivity (Wildman–Crippen MR) is 390 cm³/mol. The monoisotopic (exact) mass is 1390 g/mol. The molecule has 0 aliphatic heterocycles. The lowest BCUT2D eigenvalue weighted by molar-refractivity contribution is -0.161. The maximum absolute atomic E-state index is 13.1. The fourth-order valence-electron chi connectivity index (χ4n) is 9.87. The van der Waals surface area contributed by atoms with Crippen LogP contribution in [0.2, 0.25) is 0 Å². The molecule has 3 N–H and O–H groups in total. The van der Waals surface area contributed by atoms with E-state index in [4.69, 9.17) is 37.0 Å². The fourth-order valence-corrected chi connectivity index (χ4v) is 11.5. The topological polar surface area (TPSA) is 237 Å². The first-order valence-corrected chi connectivity index (χ1v) is 40.5. The van der Waals surface area contributed by atoms with Crippen molar-refractivity contribution in [1.82, 2.24) is 0 Å². The van der Waals surface area contributed by atoms with Crippen LogP contribution in [-0.4, -0.2) is 96.7 Å². The molecule has 0 spiro atoms. The van der Waals surface area contributed by atoms with Crippen molar-refractivity contribution in [3.63, 3.8) is 0 Å². The highest BCUT2D eigenvalue weighted by Crippen LogP contribution is 2.45. The Morgan fingerprint density at radius 1 is 0.302 bits per heavy atom.